The third-order valence-corrected chi connectivity index (χ3v) is 3.77. The van der Waals surface area contributed by atoms with Crippen molar-refractivity contribution in [3.63, 3.8) is 0 Å². The molecule has 0 bridgehead atoms. The van der Waals surface area contributed by atoms with Gasteiger partial charge in [-0.3, -0.25) is 4.79 Å². The fourth-order valence-electron chi connectivity index (χ4n) is 2.65. The first-order valence-corrected chi connectivity index (χ1v) is 6.36. The van der Waals surface area contributed by atoms with Crippen LogP contribution in [0.1, 0.15) is 66.6 Å². The molecule has 1 aromatic carbocycles. The first-order chi connectivity index (χ1) is 7.67. The number of benzene rings is 1. The number of ketones is 1. The van der Waals surface area contributed by atoms with Crippen LogP contribution in [0.15, 0.2) is 12.1 Å². The molecule has 1 unspecified atom stereocenters. The van der Waals surface area contributed by atoms with Crippen molar-refractivity contribution < 1.29 is 4.79 Å². The van der Waals surface area contributed by atoms with Gasteiger partial charge < -0.3 is 0 Å². The number of aryl methyl sites for hydroxylation is 2. The molecular weight excluding hydrogens is 196 g/mol. The summed E-state index contributed by atoms with van der Waals surface area (Å²) in [4.78, 5) is 11.9. The number of hydrogen-bond donors (Lipinski definition) is 0. The Hall–Kier alpha value is -1.11. The van der Waals surface area contributed by atoms with E-state index in [1.165, 1.54) is 16.7 Å². The molecule has 1 atom stereocenters. The average molecular weight is 216 g/mol. The minimum atomic E-state index is 0.338. The maximum Gasteiger partial charge on any atom is 0.163 e. The van der Waals surface area contributed by atoms with Crippen LogP contribution in [0, 0.1) is 0 Å². The molecule has 1 aliphatic carbocycles. The zero-order valence-corrected chi connectivity index (χ0v) is 10.5. The van der Waals surface area contributed by atoms with Gasteiger partial charge in [0.05, 0.1) is 0 Å². The molecule has 86 valence electrons. The number of carbonyl (C=O) groups is 1. The third kappa shape index (κ3) is 1.79. The fraction of sp³-hybridized carbons (Fsp3) is 0.533. The van der Waals surface area contributed by atoms with E-state index in [2.05, 4.69) is 32.9 Å². The molecule has 0 saturated carbocycles. The normalized spacial score (nSPS) is 19.7. The summed E-state index contributed by atoms with van der Waals surface area (Å²) in [7, 11) is 0. The lowest BCUT2D eigenvalue weighted by Crippen LogP contribution is -2.15. The van der Waals surface area contributed by atoms with Gasteiger partial charge in [-0.05, 0) is 47.9 Å². The van der Waals surface area contributed by atoms with E-state index < -0.39 is 0 Å². The van der Waals surface area contributed by atoms with Crippen molar-refractivity contribution in [3.05, 3.63) is 34.4 Å². The van der Waals surface area contributed by atoms with E-state index >= 15 is 0 Å². The Morgan fingerprint density at radius 2 is 1.81 bits per heavy atom. The fourth-order valence-corrected chi connectivity index (χ4v) is 2.65. The minimum Gasteiger partial charge on any atom is -0.294 e. The SMILES string of the molecule is CCc1cc2c(cc1CC)C(C)CCC2=O. The summed E-state index contributed by atoms with van der Waals surface area (Å²) in [6.45, 7) is 6.59. The van der Waals surface area contributed by atoms with E-state index in [0.29, 0.717) is 11.7 Å². The van der Waals surface area contributed by atoms with Crippen molar-refractivity contribution in [3.8, 4) is 0 Å². The van der Waals surface area contributed by atoms with E-state index in [0.717, 1.165) is 31.2 Å². The summed E-state index contributed by atoms with van der Waals surface area (Å²) in [5, 5.41) is 0. The van der Waals surface area contributed by atoms with Crippen LogP contribution in [0.4, 0.5) is 0 Å². The largest absolute Gasteiger partial charge is 0.294 e. The van der Waals surface area contributed by atoms with E-state index in [-0.39, 0.29) is 0 Å². The Morgan fingerprint density at radius 1 is 1.19 bits per heavy atom. The molecule has 0 radical (unpaired) electrons. The molecule has 0 spiro atoms. The molecular formula is C15H20O. The predicted octanol–water partition coefficient (Wildman–Crippen LogP) is 3.89. The molecule has 1 aromatic rings. The molecule has 0 amide bonds. The second kappa shape index (κ2) is 4.40. The molecule has 0 saturated heterocycles. The van der Waals surface area contributed by atoms with Gasteiger partial charge in [-0.1, -0.05) is 26.8 Å². The maximum absolute atomic E-state index is 11.9. The Balaban J connectivity index is 2.58. The van der Waals surface area contributed by atoms with Crippen LogP contribution in [-0.4, -0.2) is 5.78 Å². The standard InChI is InChI=1S/C15H20O/c1-4-11-8-13-10(3)6-7-15(16)14(13)9-12(11)5-2/h8-10H,4-7H2,1-3H3. The molecule has 0 aliphatic heterocycles. The molecule has 0 N–H and O–H groups in total. The van der Waals surface area contributed by atoms with Crippen LogP contribution in [-0.2, 0) is 12.8 Å². The smallest absolute Gasteiger partial charge is 0.163 e. The highest BCUT2D eigenvalue weighted by atomic mass is 16.1. The van der Waals surface area contributed by atoms with Gasteiger partial charge in [-0.25, -0.2) is 0 Å². The van der Waals surface area contributed by atoms with Gasteiger partial charge in [0, 0.05) is 12.0 Å². The first kappa shape index (κ1) is 11.4. The monoisotopic (exact) mass is 216 g/mol. The van der Waals surface area contributed by atoms with E-state index in [1.54, 1.807) is 0 Å². The van der Waals surface area contributed by atoms with Gasteiger partial charge >= 0.3 is 0 Å². The number of carbonyl (C=O) groups excluding carboxylic acids is 1. The van der Waals surface area contributed by atoms with Gasteiger partial charge in [0.2, 0.25) is 0 Å². The number of hydrogen-bond acceptors (Lipinski definition) is 1. The zero-order valence-electron chi connectivity index (χ0n) is 10.5. The lowest BCUT2D eigenvalue weighted by atomic mass is 9.80. The third-order valence-electron chi connectivity index (χ3n) is 3.77. The molecule has 2 rings (SSSR count). The zero-order chi connectivity index (χ0) is 11.7. The quantitative estimate of drug-likeness (QED) is 0.733. The summed E-state index contributed by atoms with van der Waals surface area (Å²) in [5.74, 6) is 0.884. The number of fused-ring (bicyclic) bond motifs is 1. The minimum absolute atomic E-state index is 0.338. The lowest BCUT2D eigenvalue weighted by Gasteiger charge is -2.23. The topological polar surface area (TPSA) is 17.1 Å². The van der Waals surface area contributed by atoms with Gasteiger partial charge in [0.25, 0.3) is 0 Å². The van der Waals surface area contributed by atoms with Crippen LogP contribution in [0.5, 0.6) is 0 Å². The Labute approximate surface area is 97.9 Å². The Kier molecular flexibility index (Phi) is 3.13. The second-order valence-electron chi connectivity index (χ2n) is 4.78. The van der Waals surface area contributed by atoms with Crippen molar-refractivity contribution >= 4 is 5.78 Å². The van der Waals surface area contributed by atoms with Crippen molar-refractivity contribution in [2.45, 2.75) is 52.4 Å². The number of rotatable bonds is 2. The van der Waals surface area contributed by atoms with Crippen LogP contribution in [0.25, 0.3) is 0 Å². The van der Waals surface area contributed by atoms with Crippen molar-refractivity contribution in [1.29, 1.82) is 0 Å². The Bertz CT molecular complexity index is 418. The van der Waals surface area contributed by atoms with Gasteiger partial charge in [0.15, 0.2) is 5.78 Å². The maximum atomic E-state index is 11.9. The Morgan fingerprint density at radius 3 is 2.44 bits per heavy atom. The highest BCUT2D eigenvalue weighted by molar-refractivity contribution is 5.99. The van der Waals surface area contributed by atoms with Crippen molar-refractivity contribution in [1.82, 2.24) is 0 Å². The molecule has 0 heterocycles. The van der Waals surface area contributed by atoms with Gasteiger partial charge in [-0.15, -0.1) is 0 Å². The highest BCUT2D eigenvalue weighted by Gasteiger charge is 2.23. The first-order valence-electron chi connectivity index (χ1n) is 6.36. The summed E-state index contributed by atoms with van der Waals surface area (Å²) in [6, 6.07) is 4.42. The summed E-state index contributed by atoms with van der Waals surface area (Å²) in [6.07, 6.45) is 3.83. The van der Waals surface area contributed by atoms with Crippen molar-refractivity contribution in [2.24, 2.45) is 0 Å². The summed E-state index contributed by atoms with van der Waals surface area (Å²) >= 11 is 0. The second-order valence-corrected chi connectivity index (χ2v) is 4.78. The van der Waals surface area contributed by atoms with Gasteiger partial charge in [-0.2, -0.15) is 0 Å². The lowest BCUT2D eigenvalue weighted by molar-refractivity contribution is 0.0968. The van der Waals surface area contributed by atoms with Crippen molar-refractivity contribution in [2.75, 3.05) is 0 Å². The van der Waals surface area contributed by atoms with Gasteiger partial charge in [0.1, 0.15) is 0 Å². The molecule has 1 nitrogen and oxygen atoms in total. The molecule has 0 fully saturated rings. The van der Waals surface area contributed by atoms with Crippen LogP contribution in [0.3, 0.4) is 0 Å². The van der Waals surface area contributed by atoms with Crippen LogP contribution >= 0.6 is 0 Å². The van der Waals surface area contributed by atoms with E-state index in [1.807, 2.05) is 0 Å². The number of Topliss-reactive ketones (excluding diaryl/α,β-unsaturated/α-hetero) is 1. The predicted molar refractivity (Wildman–Crippen MR) is 67.2 cm³/mol. The van der Waals surface area contributed by atoms with Crippen LogP contribution < -0.4 is 0 Å². The summed E-state index contributed by atoms with van der Waals surface area (Å²) in [5.41, 5.74) is 5.05. The van der Waals surface area contributed by atoms with E-state index in [9.17, 15) is 4.79 Å². The molecule has 1 heteroatoms. The summed E-state index contributed by atoms with van der Waals surface area (Å²) < 4.78 is 0. The van der Waals surface area contributed by atoms with Crippen LogP contribution in [0.2, 0.25) is 0 Å². The molecule has 0 aromatic heterocycles. The average Bonchev–Trinajstić information content (AvgIpc) is 2.32. The highest BCUT2D eigenvalue weighted by Crippen LogP contribution is 2.33. The van der Waals surface area contributed by atoms with E-state index in [4.69, 9.17) is 0 Å². The molecule has 1 aliphatic rings. The molecule has 16 heavy (non-hydrogen) atoms.